The molecule has 1 fully saturated rings. The molecular formula is C17H16N5ORe-. The molecular weight excluding hydrogens is 476 g/mol. The van der Waals surface area contributed by atoms with E-state index in [9.17, 15) is 0 Å². The third kappa shape index (κ3) is 3.71. The molecule has 123 valence electrons. The third-order valence-electron chi connectivity index (χ3n) is 3.74. The first-order chi connectivity index (χ1) is 11.4. The molecule has 1 radical (unpaired) electrons. The number of hydrogen-bond donors (Lipinski definition) is 2. The molecule has 6 nitrogen and oxygen atoms in total. The van der Waals surface area contributed by atoms with Crippen LogP contribution in [0.4, 0.5) is 5.69 Å². The van der Waals surface area contributed by atoms with E-state index in [1.54, 1.807) is 6.34 Å². The van der Waals surface area contributed by atoms with Gasteiger partial charge in [-0.3, -0.25) is 10.4 Å². The van der Waals surface area contributed by atoms with Crippen LogP contribution in [0.2, 0.25) is 0 Å². The van der Waals surface area contributed by atoms with Gasteiger partial charge in [0.25, 0.3) is 0 Å². The fourth-order valence-corrected chi connectivity index (χ4v) is 2.57. The quantitative estimate of drug-likeness (QED) is 0.692. The molecule has 7 heteroatoms. The maximum Gasteiger partial charge on any atom is 0.127 e. The summed E-state index contributed by atoms with van der Waals surface area (Å²) in [5.74, 6) is 2.33. The number of hydrazine groups is 1. The van der Waals surface area contributed by atoms with Crippen molar-refractivity contribution < 1.29 is 25.2 Å². The maximum absolute atomic E-state index is 5.78. The summed E-state index contributed by atoms with van der Waals surface area (Å²) in [5, 5.41) is 4.61. The van der Waals surface area contributed by atoms with E-state index in [2.05, 4.69) is 26.2 Å². The van der Waals surface area contributed by atoms with Gasteiger partial charge in [0.2, 0.25) is 0 Å². The largest absolute Gasteiger partial charge is 0.457 e. The second-order valence-corrected chi connectivity index (χ2v) is 5.34. The summed E-state index contributed by atoms with van der Waals surface area (Å²) in [6, 6.07) is 17.5. The van der Waals surface area contributed by atoms with Gasteiger partial charge in [-0.05, 0) is 30.0 Å². The van der Waals surface area contributed by atoms with Gasteiger partial charge in [0, 0.05) is 33.3 Å². The minimum atomic E-state index is 0. The summed E-state index contributed by atoms with van der Waals surface area (Å²) in [4.78, 5) is 8.61. The van der Waals surface area contributed by atoms with Gasteiger partial charge in [-0.1, -0.05) is 36.2 Å². The van der Waals surface area contributed by atoms with E-state index in [0.717, 1.165) is 29.6 Å². The molecule has 1 saturated heterocycles. The summed E-state index contributed by atoms with van der Waals surface area (Å²) in [6.45, 7) is 0.791. The summed E-state index contributed by atoms with van der Waals surface area (Å²) in [7, 11) is 0. The molecule has 2 aliphatic rings. The predicted molar refractivity (Wildman–Crippen MR) is 90.6 cm³/mol. The van der Waals surface area contributed by atoms with Crippen LogP contribution in [0, 0.1) is 0 Å². The van der Waals surface area contributed by atoms with Crippen LogP contribution in [0.15, 0.2) is 64.6 Å². The smallest absolute Gasteiger partial charge is 0.127 e. The van der Waals surface area contributed by atoms with Crippen LogP contribution in [0.1, 0.15) is 0 Å². The molecule has 2 N–H and O–H groups in total. The van der Waals surface area contributed by atoms with E-state index in [1.165, 1.54) is 0 Å². The molecule has 2 aromatic carbocycles. The molecule has 0 amide bonds. The van der Waals surface area contributed by atoms with Gasteiger partial charge in [0.15, 0.2) is 0 Å². The number of nitrogens with zero attached hydrogens (tertiary/aromatic N) is 3. The Labute approximate surface area is 154 Å². The molecule has 4 rings (SSSR count). The second-order valence-electron chi connectivity index (χ2n) is 5.34. The van der Waals surface area contributed by atoms with Crippen molar-refractivity contribution in [3.05, 3.63) is 59.9 Å². The van der Waals surface area contributed by atoms with Gasteiger partial charge in [-0.15, -0.1) is 0 Å². The molecule has 2 aromatic rings. The van der Waals surface area contributed by atoms with Crippen molar-refractivity contribution in [3.63, 3.8) is 0 Å². The van der Waals surface area contributed by atoms with Crippen LogP contribution in [-0.4, -0.2) is 30.8 Å². The number of hydrogen-bond acceptors (Lipinski definition) is 5. The Balaban J connectivity index is 0.00000169. The zero-order valence-corrected chi connectivity index (χ0v) is 15.5. The summed E-state index contributed by atoms with van der Waals surface area (Å²) < 4.78 is 5.78. The van der Waals surface area contributed by atoms with Crippen molar-refractivity contribution in [2.45, 2.75) is 12.1 Å². The first kappa shape index (κ1) is 16.8. The van der Waals surface area contributed by atoms with Crippen molar-refractivity contribution in [1.29, 1.82) is 0 Å². The fraction of sp³-hybridized carbons (Fsp3) is 0.176. The van der Waals surface area contributed by atoms with E-state index in [4.69, 9.17) is 4.74 Å². The van der Waals surface area contributed by atoms with Crippen molar-refractivity contribution in [2.24, 2.45) is 9.98 Å². The number of nitrogens with one attached hydrogen (secondary N) is 2. The van der Waals surface area contributed by atoms with E-state index in [-0.39, 0.29) is 32.5 Å². The van der Waals surface area contributed by atoms with Crippen molar-refractivity contribution in [1.82, 2.24) is 10.9 Å². The van der Waals surface area contributed by atoms with E-state index < -0.39 is 0 Å². The van der Waals surface area contributed by atoms with Crippen LogP contribution >= 0.6 is 0 Å². The van der Waals surface area contributed by atoms with E-state index in [1.807, 2.05) is 54.6 Å². The fourth-order valence-electron chi connectivity index (χ4n) is 2.57. The van der Waals surface area contributed by atoms with Gasteiger partial charge in [0.05, 0.1) is 12.1 Å². The molecule has 2 aliphatic heterocycles. The van der Waals surface area contributed by atoms with Crippen molar-refractivity contribution in [2.75, 3.05) is 6.54 Å². The molecule has 0 aliphatic carbocycles. The Kier molecular flexibility index (Phi) is 5.38. The predicted octanol–water partition coefficient (Wildman–Crippen LogP) is 2.77. The molecule has 0 aromatic heterocycles. The Hall–Kier alpha value is -2.04. The van der Waals surface area contributed by atoms with Crippen LogP contribution < -0.4 is 15.6 Å². The van der Waals surface area contributed by atoms with Crippen LogP contribution in [0.3, 0.4) is 0 Å². The Bertz CT molecular complexity index is 732. The minimum absolute atomic E-state index is 0. The summed E-state index contributed by atoms with van der Waals surface area (Å²) in [6.07, 6.45) is 1.58. The Morgan fingerprint density at radius 2 is 1.75 bits per heavy atom. The topological polar surface area (TPSA) is 72.1 Å². The minimum Gasteiger partial charge on any atom is -0.457 e. The molecule has 0 saturated carbocycles. The number of ether oxygens (including phenoxy) is 1. The SMILES string of the molecule is C1=NC2CNNC2C([N-]c2ccc(Oc3ccccc3)cc2)=N1.[Re]. The van der Waals surface area contributed by atoms with Gasteiger partial charge in [-0.25, -0.2) is 5.43 Å². The average Bonchev–Trinajstić information content (AvgIpc) is 3.07. The van der Waals surface area contributed by atoms with Gasteiger partial charge in [0.1, 0.15) is 11.5 Å². The average molecular weight is 493 g/mol. The third-order valence-corrected chi connectivity index (χ3v) is 3.74. The molecule has 0 bridgehead atoms. The first-order valence-corrected chi connectivity index (χ1v) is 7.51. The van der Waals surface area contributed by atoms with Crippen molar-refractivity contribution >= 4 is 17.9 Å². The van der Waals surface area contributed by atoms with Gasteiger partial charge < -0.3 is 15.0 Å². The van der Waals surface area contributed by atoms with Crippen LogP contribution in [-0.2, 0) is 20.4 Å². The number of aliphatic imine (C=N–C) groups is 2. The van der Waals surface area contributed by atoms with Crippen molar-refractivity contribution in [3.8, 4) is 11.5 Å². The standard InChI is InChI=1S/C17H16N5O.Re/c1-2-4-13(5-3-1)23-14-8-6-12(7-9-14)21-17-16-15(10-20-22-16)18-11-19-17;/h1-9,11,15-16,20,22H,10H2;/q-1;. The molecule has 2 atom stereocenters. The summed E-state index contributed by atoms with van der Waals surface area (Å²) >= 11 is 0. The zero-order valence-electron chi connectivity index (χ0n) is 12.8. The van der Waals surface area contributed by atoms with Crippen LogP contribution in [0.25, 0.3) is 5.32 Å². The number of rotatable bonds is 3. The van der Waals surface area contributed by atoms with Crippen LogP contribution in [0.5, 0.6) is 11.5 Å². The number of para-hydroxylation sites is 1. The van der Waals surface area contributed by atoms with E-state index >= 15 is 0 Å². The number of fused-ring (bicyclic) bond motifs is 1. The zero-order chi connectivity index (χ0) is 15.5. The first-order valence-electron chi connectivity index (χ1n) is 7.51. The van der Waals surface area contributed by atoms with Gasteiger partial charge in [-0.2, -0.15) is 0 Å². The molecule has 0 spiro atoms. The normalized spacial score (nSPS) is 21.4. The molecule has 2 heterocycles. The summed E-state index contributed by atoms with van der Waals surface area (Å²) in [5.41, 5.74) is 7.09. The van der Waals surface area contributed by atoms with E-state index in [0.29, 0.717) is 0 Å². The molecule has 24 heavy (non-hydrogen) atoms. The Morgan fingerprint density at radius 1 is 1.00 bits per heavy atom. The maximum atomic E-state index is 5.78. The Morgan fingerprint density at radius 3 is 2.54 bits per heavy atom. The van der Waals surface area contributed by atoms with Gasteiger partial charge >= 0.3 is 0 Å². The monoisotopic (exact) mass is 493 g/mol. The number of amidine groups is 1. The second kappa shape index (κ2) is 7.69. The molecule has 2 unspecified atom stereocenters. The number of benzene rings is 2.